The Hall–Kier alpha value is -1.63. The molecule has 0 amide bonds. The van der Waals surface area contributed by atoms with Gasteiger partial charge in [-0.25, -0.2) is 0 Å². The summed E-state index contributed by atoms with van der Waals surface area (Å²) in [6.45, 7) is 4.73. The SMILES string of the molecule is CCCCC1(C)CCc2cccc(-c3ccccn3)c21. The summed E-state index contributed by atoms with van der Waals surface area (Å²) in [5, 5.41) is 0. The van der Waals surface area contributed by atoms with Gasteiger partial charge < -0.3 is 0 Å². The van der Waals surface area contributed by atoms with Gasteiger partial charge in [-0.3, -0.25) is 4.98 Å². The van der Waals surface area contributed by atoms with E-state index in [1.165, 1.54) is 43.2 Å². The Morgan fingerprint density at radius 1 is 1.15 bits per heavy atom. The van der Waals surface area contributed by atoms with Gasteiger partial charge in [0.2, 0.25) is 0 Å². The Balaban J connectivity index is 2.09. The third-order valence-electron chi connectivity index (χ3n) is 4.72. The molecule has 0 radical (unpaired) electrons. The van der Waals surface area contributed by atoms with E-state index in [-0.39, 0.29) is 0 Å². The largest absolute Gasteiger partial charge is 0.256 e. The van der Waals surface area contributed by atoms with Crippen LogP contribution in [0.5, 0.6) is 0 Å². The zero-order valence-corrected chi connectivity index (χ0v) is 12.5. The van der Waals surface area contributed by atoms with Crippen molar-refractivity contribution in [3.05, 3.63) is 53.7 Å². The molecule has 0 saturated carbocycles. The molecule has 1 heterocycles. The lowest BCUT2D eigenvalue weighted by molar-refractivity contribution is 0.416. The van der Waals surface area contributed by atoms with Crippen molar-refractivity contribution in [1.29, 1.82) is 0 Å². The molecule has 0 fully saturated rings. The molecule has 1 aromatic carbocycles. The first-order valence-corrected chi connectivity index (χ1v) is 7.78. The molecular formula is C19H23N. The Bertz CT molecular complexity index is 588. The van der Waals surface area contributed by atoms with Crippen molar-refractivity contribution in [3.63, 3.8) is 0 Å². The fraction of sp³-hybridized carbons (Fsp3) is 0.421. The molecule has 3 rings (SSSR count). The molecule has 1 aliphatic carbocycles. The number of rotatable bonds is 4. The number of benzene rings is 1. The summed E-state index contributed by atoms with van der Waals surface area (Å²) in [5.74, 6) is 0. The maximum absolute atomic E-state index is 4.57. The molecule has 1 aromatic heterocycles. The molecule has 1 heteroatoms. The highest BCUT2D eigenvalue weighted by Gasteiger charge is 2.35. The molecule has 0 bridgehead atoms. The highest BCUT2D eigenvalue weighted by Crippen LogP contribution is 2.46. The van der Waals surface area contributed by atoms with Gasteiger partial charge in [-0.05, 0) is 47.9 Å². The van der Waals surface area contributed by atoms with E-state index in [0.717, 1.165) is 5.69 Å². The van der Waals surface area contributed by atoms with Gasteiger partial charge >= 0.3 is 0 Å². The van der Waals surface area contributed by atoms with Crippen LogP contribution in [0.15, 0.2) is 42.6 Å². The number of nitrogens with zero attached hydrogens (tertiary/aromatic N) is 1. The lowest BCUT2D eigenvalue weighted by atomic mass is 9.77. The Labute approximate surface area is 122 Å². The smallest absolute Gasteiger partial charge is 0.0705 e. The third-order valence-corrected chi connectivity index (χ3v) is 4.72. The van der Waals surface area contributed by atoms with Crippen LogP contribution < -0.4 is 0 Å². The van der Waals surface area contributed by atoms with Crippen molar-refractivity contribution in [2.45, 2.75) is 51.4 Å². The van der Waals surface area contributed by atoms with Crippen molar-refractivity contribution in [3.8, 4) is 11.3 Å². The van der Waals surface area contributed by atoms with E-state index in [0.29, 0.717) is 5.41 Å². The van der Waals surface area contributed by atoms with Crippen LogP contribution in [0.2, 0.25) is 0 Å². The summed E-state index contributed by atoms with van der Waals surface area (Å²) in [5.41, 5.74) is 5.89. The third kappa shape index (κ3) is 2.26. The predicted octanol–water partition coefficient (Wildman–Crippen LogP) is 5.14. The van der Waals surface area contributed by atoms with Gasteiger partial charge in [0.1, 0.15) is 0 Å². The first kappa shape index (κ1) is 13.4. The maximum atomic E-state index is 4.57. The zero-order valence-electron chi connectivity index (χ0n) is 12.5. The van der Waals surface area contributed by atoms with E-state index in [1.807, 2.05) is 12.3 Å². The van der Waals surface area contributed by atoms with Crippen molar-refractivity contribution in [2.24, 2.45) is 0 Å². The number of hydrogen-bond donors (Lipinski definition) is 0. The van der Waals surface area contributed by atoms with Crippen molar-refractivity contribution >= 4 is 0 Å². The number of fused-ring (bicyclic) bond motifs is 1. The molecule has 1 aliphatic rings. The Morgan fingerprint density at radius 3 is 2.80 bits per heavy atom. The minimum absolute atomic E-state index is 0.333. The zero-order chi connectivity index (χ0) is 14.0. The minimum Gasteiger partial charge on any atom is -0.256 e. The Morgan fingerprint density at radius 2 is 2.05 bits per heavy atom. The highest BCUT2D eigenvalue weighted by molar-refractivity contribution is 5.68. The molecule has 20 heavy (non-hydrogen) atoms. The lowest BCUT2D eigenvalue weighted by Crippen LogP contribution is -2.19. The van der Waals surface area contributed by atoms with Crippen LogP contribution in [0.1, 0.15) is 50.7 Å². The second-order valence-corrected chi connectivity index (χ2v) is 6.22. The van der Waals surface area contributed by atoms with Gasteiger partial charge in [-0.1, -0.05) is 51.0 Å². The molecule has 0 saturated heterocycles. The number of unbranched alkanes of at least 4 members (excludes halogenated alkanes) is 1. The van der Waals surface area contributed by atoms with Crippen LogP contribution >= 0.6 is 0 Å². The average Bonchev–Trinajstić information content (AvgIpc) is 2.84. The summed E-state index contributed by atoms with van der Waals surface area (Å²) in [6.07, 6.45) is 8.28. The van der Waals surface area contributed by atoms with Gasteiger partial charge in [0.15, 0.2) is 0 Å². The van der Waals surface area contributed by atoms with Gasteiger partial charge in [0, 0.05) is 11.8 Å². The van der Waals surface area contributed by atoms with E-state index < -0.39 is 0 Å². The van der Waals surface area contributed by atoms with E-state index in [9.17, 15) is 0 Å². The van der Waals surface area contributed by atoms with Crippen molar-refractivity contribution in [1.82, 2.24) is 4.98 Å². The summed E-state index contributed by atoms with van der Waals surface area (Å²) in [4.78, 5) is 4.57. The van der Waals surface area contributed by atoms with Crippen LogP contribution in [0.3, 0.4) is 0 Å². The Kier molecular flexibility index (Phi) is 3.60. The molecule has 1 unspecified atom stereocenters. The number of pyridine rings is 1. The van der Waals surface area contributed by atoms with E-state index in [4.69, 9.17) is 0 Å². The van der Waals surface area contributed by atoms with Gasteiger partial charge in [-0.15, -0.1) is 0 Å². The van der Waals surface area contributed by atoms with E-state index in [2.05, 4.69) is 49.2 Å². The maximum Gasteiger partial charge on any atom is 0.0705 e. The highest BCUT2D eigenvalue weighted by atomic mass is 14.7. The topological polar surface area (TPSA) is 12.9 Å². The molecule has 0 N–H and O–H groups in total. The molecule has 2 aromatic rings. The van der Waals surface area contributed by atoms with Crippen LogP contribution in [0, 0.1) is 0 Å². The molecule has 0 spiro atoms. The summed E-state index contributed by atoms with van der Waals surface area (Å²) in [7, 11) is 0. The normalized spacial score (nSPS) is 20.9. The molecule has 1 atom stereocenters. The number of aromatic nitrogens is 1. The monoisotopic (exact) mass is 265 g/mol. The predicted molar refractivity (Wildman–Crippen MR) is 84.9 cm³/mol. The minimum atomic E-state index is 0.333. The van der Waals surface area contributed by atoms with E-state index >= 15 is 0 Å². The summed E-state index contributed by atoms with van der Waals surface area (Å²) < 4.78 is 0. The fourth-order valence-electron chi connectivity index (χ4n) is 3.61. The average molecular weight is 265 g/mol. The standard InChI is InChI=1S/C19H23N/c1-3-4-12-19(2)13-11-15-8-7-9-16(18(15)19)17-10-5-6-14-20-17/h5-10,14H,3-4,11-13H2,1-2H3. The second kappa shape index (κ2) is 5.40. The summed E-state index contributed by atoms with van der Waals surface area (Å²) >= 11 is 0. The molecule has 0 aliphatic heterocycles. The van der Waals surface area contributed by atoms with Crippen LogP contribution in [0.4, 0.5) is 0 Å². The van der Waals surface area contributed by atoms with Crippen LogP contribution in [0.25, 0.3) is 11.3 Å². The van der Waals surface area contributed by atoms with Crippen LogP contribution in [-0.4, -0.2) is 4.98 Å². The van der Waals surface area contributed by atoms with Gasteiger partial charge in [-0.2, -0.15) is 0 Å². The molecule has 1 nitrogen and oxygen atoms in total. The van der Waals surface area contributed by atoms with Crippen molar-refractivity contribution in [2.75, 3.05) is 0 Å². The van der Waals surface area contributed by atoms with E-state index in [1.54, 1.807) is 5.56 Å². The number of hydrogen-bond acceptors (Lipinski definition) is 1. The lowest BCUT2D eigenvalue weighted by Gasteiger charge is -2.27. The van der Waals surface area contributed by atoms with Gasteiger partial charge in [0.25, 0.3) is 0 Å². The first-order chi connectivity index (χ1) is 9.74. The van der Waals surface area contributed by atoms with Gasteiger partial charge in [0.05, 0.1) is 5.69 Å². The van der Waals surface area contributed by atoms with Crippen LogP contribution in [-0.2, 0) is 11.8 Å². The fourth-order valence-corrected chi connectivity index (χ4v) is 3.61. The molecular weight excluding hydrogens is 242 g/mol. The second-order valence-electron chi connectivity index (χ2n) is 6.22. The first-order valence-electron chi connectivity index (χ1n) is 7.78. The van der Waals surface area contributed by atoms with Crippen molar-refractivity contribution < 1.29 is 0 Å². The quantitative estimate of drug-likeness (QED) is 0.745. The number of aryl methyl sites for hydroxylation is 1. The summed E-state index contributed by atoms with van der Waals surface area (Å²) in [6, 6.07) is 12.9. The molecule has 104 valence electrons.